The highest BCUT2D eigenvalue weighted by Crippen LogP contribution is 2.20. The van der Waals surface area contributed by atoms with Crippen molar-refractivity contribution in [2.45, 2.75) is 33.0 Å². The van der Waals surface area contributed by atoms with Crippen molar-refractivity contribution >= 4 is 22.1 Å². The second-order valence-electron chi connectivity index (χ2n) is 8.06. The zero-order valence-corrected chi connectivity index (χ0v) is 18.2. The number of aromatic nitrogens is 2. The highest BCUT2D eigenvalue weighted by molar-refractivity contribution is 7.91. The van der Waals surface area contributed by atoms with Crippen LogP contribution in [-0.4, -0.2) is 71.1 Å². The molecule has 0 N–H and O–H groups in total. The summed E-state index contributed by atoms with van der Waals surface area (Å²) in [6, 6.07) is 6.63. The average molecular weight is 421 g/mol. The molecule has 28 heavy (non-hydrogen) atoms. The summed E-state index contributed by atoms with van der Waals surface area (Å²) in [4.78, 5) is 4.74. The van der Waals surface area contributed by atoms with Crippen molar-refractivity contribution in [3.05, 3.63) is 46.5 Å². The Morgan fingerprint density at radius 3 is 2.54 bits per heavy atom. The van der Waals surface area contributed by atoms with E-state index in [-0.39, 0.29) is 6.04 Å². The summed E-state index contributed by atoms with van der Waals surface area (Å²) in [5.41, 5.74) is 3.57. The number of aryl methyl sites for hydroxylation is 2. The van der Waals surface area contributed by atoms with Gasteiger partial charge in [-0.3, -0.25) is 14.4 Å². The lowest BCUT2D eigenvalue weighted by Crippen LogP contribution is -2.50. The second kappa shape index (κ2) is 7.74. The molecule has 1 unspecified atom stereocenters. The standard InChI is InChI=1S/C20H28N4O2S2/c1-16-3-4-17(2)19(13-16)24-11-10-23(20(24)27)15-21-6-8-22(9-7-21)18-5-12-28(25,26)14-18/h3-4,10-11,13,18H,5-9,12,14-15H2,1-2H3. The van der Waals surface area contributed by atoms with E-state index in [0.29, 0.717) is 11.5 Å². The highest BCUT2D eigenvalue weighted by Gasteiger charge is 2.33. The van der Waals surface area contributed by atoms with Gasteiger partial charge in [-0.2, -0.15) is 0 Å². The largest absolute Gasteiger partial charge is 0.310 e. The molecule has 0 saturated carbocycles. The van der Waals surface area contributed by atoms with E-state index in [4.69, 9.17) is 12.2 Å². The Balaban J connectivity index is 1.41. The van der Waals surface area contributed by atoms with Gasteiger partial charge < -0.3 is 4.57 Å². The third-order valence-corrected chi connectivity index (χ3v) is 8.14. The van der Waals surface area contributed by atoms with Crippen LogP contribution in [0.5, 0.6) is 0 Å². The molecule has 0 aliphatic carbocycles. The minimum atomic E-state index is -2.82. The van der Waals surface area contributed by atoms with E-state index >= 15 is 0 Å². The zero-order chi connectivity index (χ0) is 19.9. The molecule has 0 spiro atoms. The molecule has 152 valence electrons. The lowest BCUT2D eigenvalue weighted by molar-refractivity contribution is 0.0843. The Bertz CT molecular complexity index is 1020. The van der Waals surface area contributed by atoms with Crippen molar-refractivity contribution in [3.8, 4) is 5.69 Å². The van der Waals surface area contributed by atoms with Crippen molar-refractivity contribution in [1.29, 1.82) is 0 Å². The maximum atomic E-state index is 11.7. The first kappa shape index (κ1) is 19.8. The van der Waals surface area contributed by atoms with E-state index in [1.54, 1.807) is 0 Å². The van der Waals surface area contributed by atoms with Crippen molar-refractivity contribution < 1.29 is 8.42 Å². The SMILES string of the molecule is Cc1ccc(C)c(-n2ccn(CN3CCN(C4CCS(=O)(=O)C4)CC3)c2=S)c1. The van der Waals surface area contributed by atoms with Crippen molar-refractivity contribution in [1.82, 2.24) is 18.9 Å². The van der Waals surface area contributed by atoms with E-state index in [1.807, 2.05) is 6.20 Å². The van der Waals surface area contributed by atoms with Crippen LogP contribution in [-0.2, 0) is 16.5 Å². The third kappa shape index (κ3) is 4.10. The fraction of sp³-hybridized carbons (Fsp3) is 0.550. The predicted octanol–water partition coefficient (Wildman–Crippen LogP) is 2.39. The first-order valence-electron chi connectivity index (χ1n) is 9.85. The monoisotopic (exact) mass is 420 g/mol. The molecule has 0 bridgehead atoms. The van der Waals surface area contributed by atoms with Gasteiger partial charge in [-0.15, -0.1) is 0 Å². The number of benzene rings is 1. The summed E-state index contributed by atoms with van der Waals surface area (Å²) in [5, 5.41) is 0. The highest BCUT2D eigenvalue weighted by atomic mass is 32.2. The van der Waals surface area contributed by atoms with Crippen molar-refractivity contribution in [2.75, 3.05) is 37.7 Å². The van der Waals surface area contributed by atoms with Gasteiger partial charge in [0.15, 0.2) is 14.6 Å². The molecule has 2 aromatic rings. The number of sulfone groups is 1. The number of imidazole rings is 1. The Morgan fingerprint density at radius 2 is 1.86 bits per heavy atom. The molecule has 1 aromatic heterocycles. The fourth-order valence-electron chi connectivity index (χ4n) is 4.23. The van der Waals surface area contributed by atoms with Gasteiger partial charge in [0.2, 0.25) is 0 Å². The maximum absolute atomic E-state index is 11.7. The number of rotatable bonds is 4. The van der Waals surface area contributed by atoms with Gasteiger partial charge >= 0.3 is 0 Å². The van der Waals surface area contributed by atoms with Gasteiger partial charge in [0.05, 0.1) is 23.9 Å². The quantitative estimate of drug-likeness (QED) is 0.711. The Labute approximate surface area is 172 Å². The van der Waals surface area contributed by atoms with Gasteiger partial charge in [0, 0.05) is 44.6 Å². The maximum Gasteiger partial charge on any atom is 0.185 e. The van der Waals surface area contributed by atoms with Crippen LogP contribution in [0.15, 0.2) is 30.6 Å². The smallest absolute Gasteiger partial charge is 0.185 e. The Hall–Kier alpha value is -1.48. The van der Waals surface area contributed by atoms with Gasteiger partial charge in [0.1, 0.15) is 0 Å². The molecule has 0 amide bonds. The van der Waals surface area contributed by atoms with Crippen molar-refractivity contribution in [2.24, 2.45) is 0 Å². The number of hydrogen-bond acceptors (Lipinski definition) is 5. The average Bonchev–Trinajstić information content (AvgIpc) is 3.20. The predicted molar refractivity (Wildman–Crippen MR) is 114 cm³/mol. The van der Waals surface area contributed by atoms with Crippen LogP contribution in [0.25, 0.3) is 5.69 Å². The van der Waals surface area contributed by atoms with E-state index < -0.39 is 9.84 Å². The molecule has 0 radical (unpaired) electrons. The normalized spacial score (nSPS) is 23.3. The van der Waals surface area contributed by atoms with Crippen LogP contribution >= 0.6 is 12.2 Å². The summed E-state index contributed by atoms with van der Waals surface area (Å²) >= 11 is 5.74. The third-order valence-electron chi connectivity index (χ3n) is 5.96. The van der Waals surface area contributed by atoms with Crippen LogP contribution in [0.2, 0.25) is 0 Å². The van der Waals surface area contributed by atoms with E-state index in [1.165, 1.54) is 11.1 Å². The first-order chi connectivity index (χ1) is 13.3. The lowest BCUT2D eigenvalue weighted by atomic mass is 10.1. The molecule has 2 fully saturated rings. The second-order valence-corrected chi connectivity index (χ2v) is 10.7. The first-order valence-corrected chi connectivity index (χ1v) is 12.1. The summed E-state index contributed by atoms with van der Waals surface area (Å²) in [7, 11) is -2.82. The minimum Gasteiger partial charge on any atom is -0.310 e. The van der Waals surface area contributed by atoms with E-state index in [0.717, 1.165) is 49.7 Å². The molecule has 2 saturated heterocycles. The van der Waals surface area contributed by atoms with Gasteiger partial charge in [-0.05, 0) is 49.7 Å². The summed E-state index contributed by atoms with van der Waals surface area (Å²) in [5.74, 6) is 0.676. The van der Waals surface area contributed by atoms with Crippen LogP contribution in [0.3, 0.4) is 0 Å². The number of piperazine rings is 1. The van der Waals surface area contributed by atoms with Crippen LogP contribution in [0.1, 0.15) is 17.5 Å². The lowest BCUT2D eigenvalue weighted by Gasteiger charge is -2.37. The molecule has 2 aliphatic rings. The van der Waals surface area contributed by atoms with Crippen molar-refractivity contribution in [3.63, 3.8) is 0 Å². The van der Waals surface area contributed by atoms with Gasteiger partial charge in [-0.1, -0.05) is 12.1 Å². The van der Waals surface area contributed by atoms with Crippen LogP contribution in [0, 0.1) is 18.6 Å². The molecule has 3 heterocycles. The number of nitrogens with zero attached hydrogens (tertiary/aromatic N) is 4. The molecule has 8 heteroatoms. The topological polar surface area (TPSA) is 50.5 Å². The van der Waals surface area contributed by atoms with E-state index in [9.17, 15) is 8.42 Å². The summed E-state index contributed by atoms with van der Waals surface area (Å²) in [6.07, 6.45) is 4.88. The Kier molecular flexibility index (Phi) is 5.48. The van der Waals surface area contributed by atoms with Crippen LogP contribution < -0.4 is 0 Å². The van der Waals surface area contributed by atoms with Gasteiger partial charge in [-0.25, -0.2) is 8.42 Å². The molecule has 1 aromatic carbocycles. The fourth-order valence-corrected chi connectivity index (χ4v) is 6.27. The summed E-state index contributed by atoms with van der Waals surface area (Å²) in [6.45, 7) is 8.69. The molecular formula is C20H28N4O2S2. The molecule has 4 rings (SSSR count). The Morgan fingerprint density at radius 1 is 1.11 bits per heavy atom. The molecular weight excluding hydrogens is 392 g/mol. The van der Waals surface area contributed by atoms with Gasteiger partial charge in [0.25, 0.3) is 0 Å². The molecule has 2 aliphatic heterocycles. The van der Waals surface area contributed by atoms with Crippen LogP contribution in [0.4, 0.5) is 0 Å². The minimum absolute atomic E-state index is 0.208. The van der Waals surface area contributed by atoms with E-state index in [2.05, 4.69) is 57.2 Å². The number of hydrogen-bond donors (Lipinski definition) is 0. The zero-order valence-electron chi connectivity index (χ0n) is 16.5. The molecule has 1 atom stereocenters. The summed E-state index contributed by atoms with van der Waals surface area (Å²) < 4.78 is 28.5. The molecule has 6 nitrogen and oxygen atoms in total.